The van der Waals surface area contributed by atoms with E-state index in [9.17, 15) is 4.79 Å². The summed E-state index contributed by atoms with van der Waals surface area (Å²) in [6.07, 6.45) is -0.691. The van der Waals surface area contributed by atoms with Crippen molar-refractivity contribution in [2.75, 3.05) is 0 Å². The largest absolute Gasteiger partial charge is 0.506 e. The van der Waals surface area contributed by atoms with Crippen molar-refractivity contribution in [3.8, 4) is 0 Å². The Balaban J connectivity index is 2.75. The predicted octanol–water partition coefficient (Wildman–Crippen LogP) is 3.74. The average molecular weight is 234 g/mol. The zero-order valence-corrected chi connectivity index (χ0v) is 10.5. The van der Waals surface area contributed by atoms with E-state index in [-0.39, 0.29) is 0 Å². The van der Waals surface area contributed by atoms with Gasteiger partial charge in [0.25, 0.3) is 0 Å². The van der Waals surface area contributed by atoms with Crippen LogP contribution in [0, 0.1) is 0 Å². The molecule has 1 aromatic carbocycles. The molecule has 3 nitrogen and oxygen atoms in total. The molecule has 3 heteroatoms. The van der Waals surface area contributed by atoms with E-state index in [2.05, 4.69) is 6.58 Å². The molecule has 0 amide bonds. The first-order chi connectivity index (χ1) is 7.80. The van der Waals surface area contributed by atoms with Crippen molar-refractivity contribution >= 4 is 11.7 Å². The van der Waals surface area contributed by atoms with E-state index in [1.165, 1.54) is 0 Å². The van der Waals surface area contributed by atoms with Gasteiger partial charge in [-0.1, -0.05) is 36.4 Å². The van der Waals surface area contributed by atoms with Crippen molar-refractivity contribution < 1.29 is 14.6 Å². The summed E-state index contributed by atoms with van der Waals surface area (Å²) < 4.78 is 4.82. The lowest BCUT2D eigenvalue weighted by atomic mass is 9.97. The van der Waals surface area contributed by atoms with E-state index in [1.807, 2.05) is 31.2 Å². The van der Waals surface area contributed by atoms with Gasteiger partial charge in [0, 0.05) is 6.42 Å². The van der Waals surface area contributed by atoms with Crippen LogP contribution in [0.4, 0.5) is 4.79 Å². The van der Waals surface area contributed by atoms with Crippen LogP contribution >= 0.6 is 0 Å². The second-order valence-corrected chi connectivity index (χ2v) is 4.78. The van der Waals surface area contributed by atoms with Crippen LogP contribution in [0.3, 0.4) is 0 Å². The van der Waals surface area contributed by atoms with Gasteiger partial charge in [0.1, 0.15) is 5.60 Å². The minimum absolute atomic E-state index is 0.551. The molecule has 0 bridgehead atoms. The van der Waals surface area contributed by atoms with Crippen LogP contribution in [0.15, 0.2) is 30.8 Å². The van der Waals surface area contributed by atoms with Crippen LogP contribution in [0.25, 0.3) is 5.57 Å². The number of ether oxygens (including phenoxy) is 1. The van der Waals surface area contributed by atoms with E-state index >= 15 is 0 Å². The van der Waals surface area contributed by atoms with Crippen molar-refractivity contribution in [3.63, 3.8) is 0 Å². The van der Waals surface area contributed by atoms with E-state index in [1.54, 1.807) is 13.8 Å². The Bertz CT molecular complexity index is 416. The third-order valence-electron chi connectivity index (χ3n) is 2.44. The summed E-state index contributed by atoms with van der Waals surface area (Å²) in [6.45, 7) is 9.33. The van der Waals surface area contributed by atoms with E-state index in [4.69, 9.17) is 9.84 Å². The summed E-state index contributed by atoms with van der Waals surface area (Å²) in [5, 5.41) is 8.61. The van der Waals surface area contributed by atoms with Gasteiger partial charge in [-0.05, 0) is 31.9 Å². The van der Waals surface area contributed by atoms with Gasteiger partial charge in [0.2, 0.25) is 0 Å². The van der Waals surface area contributed by atoms with E-state index in [0.717, 1.165) is 16.7 Å². The summed E-state index contributed by atoms with van der Waals surface area (Å²) in [7, 11) is 0. The first kappa shape index (κ1) is 13.3. The predicted molar refractivity (Wildman–Crippen MR) is 68.0 cm³/mol. The quantitative estimate of drug-likeness (QED) is 0.807. The normalized spacial score (nSPS) is 11.0. The molecule has 0 aliphatic heterocycles. The monoisotopic (exact) mass is 234 g/mol. The summed E-state index contributed by atoms with van der Waals surface area (Å²) in [6, 6.07) is 7.90. The highest BCUT2D eigenvalue weighted by molar-refractivity contribution is 5.61. The lowest BCUT2D eigenvalue weighted by Gasteiger charge is -2.23. The SMILES string of the molecule is C=C(C)c1ccc(CC(C)(C)OC(=O)O)cc1. The Morgan fingerprint density at radius 2 is 1.88 bits per heavy atom. The molecule has 0 aliphatic carbocycles. The Labute approximate surface area is 102 Å². The van der Waals surface area contributed by atoms with Gasteiger partial charge in [0.15, 0.2) is 0 Å². The number of allylic oxidation sites excluding steroid dienone is 1. The minimum Gasteiger partial charge on any atom is -0.450 e. The van der Waals surface area contributed by atoms with Crippen molar-refractivity contribution in [2.24, 2.45) is 0 Å². The smallest absolute Gasteiger partial charge is 0.450 e. The van der Waals surface area contributed by atoms with Gasteiger partial charge in [-0.15, -0.1) is 0 Å². The van der Waals surface area contributed by atoms with Crippen LogP contribution in [0.2, 0.25) is 0 Å². The Hall–Kier alpha value is -1.77. The molecular weight excluding hydrogens is 216 g/mol. The number of carbonyl (C=O) groups is 1. The van der Waals surface area contributed by atoms with Gasteiger partial charge >= 0.3 is 6.16 Å². The minimum atomic E-state index is -1.24. The maximum atomic E-state index is 10.5. The third kappa shape index (κ3) is 4.31. The Kier molecular flexibility index (Phi) is 3.94. The van der Waals surface area contributed by atoms with Crippen molar-refractivity contribution in [1.82, 2.24) is 0 Å². The van der Waals surface area contributed by atoms with Gasteiger partial charge in [-0.25, -0.2) is 4.79 Å². The summed E-state index contributed by atoms with van der Waals surface area (Å²) >= 11 is 0. The zero-order chi connectivity index (χ0) is 13.1. The molecule has 17 heavy (non-hydrogen) atoms. The van der Waals surface area contributed by atoms with Crippen molar-refractivity contribution in [2.45, 2.75) is 32.8 Å². The maximum absolute atomic E-state index is 10.5. The van der Waals surface area contributed by atoms with Crippen molar-refractivity contribution in [3.05, 3.63) is 42.0 Å². The lowest BCUT2D eigenvalue weighted by Crippen LogP contribution is -2.29. The van der Waals surface area contributed by atoms with Crippen LogP contribution in [-0.2, 0) is 11.2 Å². The topological polar surface area (TPSA) is 46.5 Å². The highest BCUT2D eigenvalue weighted by atomic mass is 16.7. The number of hydrogen-bond donors (Lipinski definition) is 1. The number of benzene rings is 1. The molecule has 1 N–H and O–H groups in total. The second kappa shape index (κ2) is 5.04. The van der Waals surface area contributed by atoms with Crippen LogP contribution in [-0.4, -0.2) is 16.9 Å². The highest BCUT2D eigenvalue weighted by Crippen LogP contribution is 2.19. The third-order valence-corrected chi connectivity index (χ3v) is 2.44. The van der Waals surface area contributed by atoms with Gasteiger partial charge in [-0.2, -0.15) is 0 Å². The number of rotatable bonds is 4. The van der Waals surface area contributed by atoms with Gasteiger partial charge in [-0.3, -0.25) is 0 Å². The maximum Gasteiger partial charge on any atom is 0.506 e. The Morgan fingerprint density at radius 1 is 1.35 bits per heavy atom. The van der Waals surface area contributed by atoms with E-state index < -0.39 is 11.8 Å². The fraction of sp³-hybridized carbons (Fsp3) is 0.357. The fourth-order valence-corrected chi connectivity index (χ4v) is 1.67. The van der Waals surface area contributed by atoms with Crippen LogP contribution in [0.1, 0.15) is 31.9 Å². The number of hydrogen-bond acceptors (Lipinski definition) is 2. The molecule has 0 saturated heterocycles. The summed E-state index contributed by atoms with van der Waals surface area (Å²) in [5.41, 5.74) is 2.43. The first-order valence-corrected chi connectivity index (χ1v) is 5.47. The molecule has 1 rings (SSSR count). The van der Waals surface area contributed by atoms with Gasteiger partial charge < -0.3 is 9.84 Å². The molecule has 0 saturated carbocycles. The molecule has 0 unspecified atom stereocenters. The molecular formula is C14H18O3. The summed E-state index contributed by atoms with van der Waals surface area (Å²) in [4.78, 5) is 10.5. The summed E-state index contributed by atoms with van der Waals surface area (Å²) in [5.74, 6) is 0. The van der Waals surface area contributed by atoms with E-state index in [0.29, 0.717) is 6.42 Å². The second-order valence-electron chi connectivity index (χ2n) is 4.78. The molecule has 0 spiro atoms. The Morgan fingerprint density at radius 3 is 2.29 bits per heavy atom. The molecule has 0 heterocycles. The lowest BCUT2D eigenvalue weighted by molar-refractivity contribution is 0.00427. The average Bonchev–Trinajstić information content (AvgIpc) is 2.15. The molecule has 0 aliphatic rings. The van der Waals surface area contributed by atoms with Crippen LogP contribution in [0.5, 0.6) is 0 Å². The molecule has 0 radical (unpaired) electrons. The van der Waals surface area contributed by atoms with Gasteiger partial charge in [0.05, 0.1) is 0 Å². The number of carboxylic acid groups (broad SMARTS) is 1. The molecule has 1 aromatic rings. The van der Waals surface area contributed by atoms with Crippen LogP contribution < -0.4 is 0 Å². The molecule has 92 valence electrons. The molecule has 0 fully saturated rings. The van der Waals surface area contributed by atoms with Crippen molar-refractivity contribution in [1.29, 1.82) is 0 Å². The first-order valence-electron chi connectivity index (χ1n) is 5.47. The standard InChI is InChI=1S/C14H18O3/c1-10(2)12-7-5-11(6-8-12)9-14(3,4)17-13(15)16/h5-8H,1,9H2,2-4H3,(H,15,16). The molecule has 0 atom stereocenters. The zero-order valence-electron chi connectivity index (χ0n) is 10.5. The highest BCUT2D eigenvalue weighted by Gasteiger charge is 2.22. The molecule has 0 aromatic heterocycles. The fourth-order valence-electron chi connectivity index (χ4n) is 1.67.